The van der Waals surface area contributed by atoms with E-state index in [1.807, 2.05) is 0 Å². The van der Waals surface area contributed by atoms with Gasteiger partial charge >= 0.3 is 0 Å². The molecule has 0 amide bonds. The SMILES string of the molecule is Cc1c(NC(C)CC2=CCCCC2)cccc1-c1ncco1. The number of benzene rings is 1. The highest BCUT2D eigenvalue weighted by atomic mass is 16.3. The smallest absolute Gasteiger partial charge is 0.226 e. The average molecular weight is 296 g/mol. The fourth-order valence-electron chi connectivity index (χ4n) is 3.18. The van der Waals surface area contributed by atoms with E-state index in [0.717, 1.165) is 12.0 Å². The molecule has 3 nitrogen and oxygen atoms in total. The monoisotopic (exact) mass is 296 g/mol. The van der Waals surface area contributed by atoms with E-state index in [0.29, 0.717) is 11.9 Å². The number of allylic oxidation sites excluding steroid dienone is 1. The molecule has 2 aromatic rings. The Kier molecular flexibility index (Phi) is 4.62. The van der Waals surface area contributed by atoms with Crippen LogP contribution in [-0.4, -0.2) is 11.0 Å². The molecule has 0 saturated carbocycles. The molecule has 1 aliphatic carbocycles. The van der Waals surface area contributed by atoms with E-state index in [2.05, 4.69) is 48.4 Å². The van der Waals surface area contributed by atoms with Gasteiger partial charge in [0.05, 0.1) is 6.20 Å². The van der Waals surface area contributed by atoms with Crippen LogP contribution in [0.5, 0.6) is 0 Å². The molecular formula is C19H24N2O. The first-order chi connectivity index (χ1) is 10.7. The third-order valence-corrected chi connectivity index (χ3v) is 4.35. The lowest BCUT2D eigenvalue weighted by Crippen LogP contribution is -2.17. The standard InChI is InChI=1S/C19H24N2O/c1-14(13-16-7-4-3-5-8-16)21-18-10-6-9-17(15(18)2)19-20-11-12-22-19/h6-7,9-12,14,21H,3-5,8,13H2,1-2H3. The van der Waals surface area contributed by atoms with E-state index in [-0.39, 0.29) is 0 Å². The third kappa shape index (κ3) is 3.41. The van der Waals surface area contributed by atoms with Crippen molar-refractivity contribution in [3.05, 3.63) is 47.9 Å². The van der Waals surface area contributed by atoms with Gasteiger partial charge in [-0.15, -0.1) is 0 Å². The van der Waals surface area contributed by atoms with Crippen LogP contribution in [0.3, 0.4) is 0 Å². The second-order valence-corrected chi connectivity index (χ2v) is 6.17. The number of hydrogen-bond donors (Lipinski definition) is 1. The Morgan fingerprint density at radius 2 is 2.23 bits per heavy atom. The van der Waals surface area contributed by atoms with Gasteiger partial charge in [-0.1, -0.05) is 17.7 Å². The Balaban J connectivity index is 1.72. The summed E-state index contributed by atoms with van der Waals surface area (Å²) in [4.78, 5) is 4.26. The van der Waals surface area contributed by atoms with Gasteiger partial charge in [0.2, 0.25) is 5.89 Å². The highest BCUT2D eigenvalue weighted by Gasteiger charge is 2.13. The lowest BCUT2D eigenvalue weighted by Gasteiger charge is -2.21. The zero-order valence-electron chi connectivity index (χ0n) is 13.4. The van der Waals surface area contributed by atoms with Gasteiger partial charge in [-0.2, -0.15) is 0 Å². The predicted octanol–water partition coefficient (Wildman–Crippen LogP) is 5.34. The molecule has 1 N–H and O–H groups in total. The molecule has 0 aliphatic heterocycles. The number of hydrogen-bond acceptors (Lipinski definition) is 3. The number of nitrogens with zero attached hydrogens (tertiary/aromatic N) is 1. The van der Waals surface area contributed by atoms with Crippen LogP contribution in [0.25, 0.3) is 11.5 Å². The van der Waals surface area contributed by atoms with Crippen LogP contribution in [-0.2, 0) is 0 Å². The van der Waals surface area contributed by atoms with Crippen LogP contribution in [0, 0.1) is 6.92 Å². The summed E-state index contributed by atoms with van der Waals surface area (Å²) in [5.41, 5.74) is 5.01. The van der Waals surface area contributed by atoms with Crippen LogP contribution in [0.2, 0.25) is 0 Å². The van der Waals surface area contributed by atoms with E-state index in [9.17, 15) is 0 Å². The second-order valence-electron chi connectivity index (χ2n) is 6.17. The summed E-state index contributed by atoms with van der Waals surface area (Å²) in [5, 5.41) is 3.65. The first-order valence-corrected chi connectivity index (χ1v) is 8.18. The minimum absolute atomic E-state index is 0.433. The summed E-state index contributed by atoms with van der Waals surface area (Å²) < 4.78 is 5.43. The van der Waals surface area contributed by atoms with Crippen molar-refractivity contribution in [1.29, 1.82) is 0 Å². The molecule has 3 heteroatoms. The Labute approximate surface area is 132 Å². The predicted molar refractivity (Wildman–Crippen MR) is 90.9 cm³/mol. The average Bonchev–Trinajstić information content (AvgIpc) is 3.04. The number of oxazole rings is 1. The Morgan fingerprint density at radius 1 is 1.32 bits per heavy atom. The minimum atomic E-state index is 0.433. The Bertz CT molecular complexity index is 643. The normalized spacial score (nSPS) is 16.2. The van der Waals surface area contributed by atoms with Gasteiger partial charge in [0.15, 0.2) is 0 Å². The van der Waals surface area contributed by atoms with E-state index >= 15 is 0 Å². The fraction of sp³-hybridized carbons (Fsp3) is 0.421. The molecule has 3 rings (SSSR count). The van der Waals surface area contributed by atoms with Gasteiger partial charge in [-0.25, -0.2) is 4.98 Å². The summed E-state index contributed by atoms with van der Waals surface area (Å²) in [6, 6.07) is 6.68. The molecule has 1 aromatic carbocycles. The molecule has 0 bridgehead atoms. The lowest BCUT2D eigenvalue weighted by atomic mass is 9.94. The van der Waals surface area contributed by atoms with Crippen molar-refractivity contribution in [2.75, 3.05) is 5.32 Å². The van der Waals surface area contributed by atoms with Crippen molar-refractivity contribution >= 4 is 5.69 Å². The number of nitrogens with one attached hydrogen (secondary N) is 1. The molecule has 1 aromatic heterocycles. The minimum Gasteiger partial charge on any atom is -0.445 e. The van der Waals surface area contributed by atoms with Gasteiger partial charge in [0.1, 0.15) is 6.26 Å². The van der Waals surface area contributed by atoms with Crippen molar-refractivity contribution < 1.29 is 4.42 Å². The molecule has 116 valence electrons. The maximum atomic E-state index is 5.43. The maximum absolute atomic E-state index is 5.43. The largest absolute Gasteiger partial charge is 0.445 e. The summed E-state index contributed by atoms with van der Waals surface area (Å²) in [5.74, 6) is 0.684. The zero-order chi connectivity index (χ0) is 15.4. The molecule has 22 heavy (non-hydrogen) atoms. The molecular weight excluding hydrogens is 272 g/mol. The van der Waals surface area contributed by atoms with E-state index in [1.54, 1.807) is 18.0 Å². The summed E-state index contributed by atoms with van der Waals surface area (Å²) in [6.45, 7) is 4.38. The van der Waals surface area contributed by atoms with Crippen LogP contribution in [0.1, 0.15) is 44.6 Å². The summed E-state index contributed by atoms with van der Waals surface area (Å²) >= 11 is 0. The summed E-state index contributed by atoms with van der Waals surface area (Å²) in [6.07, 6.45) is 12.1. The first-order valence-electron chi connectivity index (χ1n) is 8.18. The Hall–Kier alpha value is -2.03. The van der Waals surface area contributed by atoms with Crippen LogP contribution >= 0.6 is 0 Å². The van der Waals surface area contributed by atoms with Crippen molar-refractivity contribution in [3.63, 3.8) is 0 Å². The topological polar surface area (TPSA) is 38.1 Å². The number of aromatic nitrogens is 1. The molecule has 1 aliphatic rings. The molecule has 1 heterocycles. The second kappa shape index (κ2) is 6.82. The molecule has 0 fully saturated rings. The van der Waals surface area contributed by atoms with Crippen molar-refractivity contribution in [2.24, 2.45) is 0 Å². The van der Waals surface area contributed by atoms with E-state index in [1.165, 1.54) is 36.9 Å². The molecule has 1 atom stereocenters. The van der Waals surface area contributed by atoms with E-state index in [4.69, 9.17) is 4.42 Å². The molecule has 0 saturated heterocycles. The van der Waals surface area contributed by atoms with Crippen molar-refractivity contribution in [1.82, 2.24) is 4.98 Å². The van der Waals surface area contributed by atoms with Gasteiger partial charge < -0.3 is 9.73 Å². The third-order valence-electron chi connectivity index (χ3n) is 4.35. The maximum Gasteiger partial charge on any atom is 0.226 e. The Morgan fingerprint density at radius 3 is 2.95 bits per heavy atom. The molecule has 0 spiro atoms. The fourth-order valence-corrected chi connectivity index (χ4v) is 3.18. The van der Waals surface area contributed by atoms with Gasteiger partial charge in [0, 0.05) is 17.3 Å². The zero-order valence-corrected chi connectivity index (χ0v) is 13.4. The number of anilines is 1. The van der Waals surface area contributed by atoms with Gasteiger partial charge in [-0.3, -0.25) is 0 Å². The molecule has 1 unspecified atom stereocenters. The quantitative estimate of drug-likeness (QED) is 0.757. The van der Waals surface area contributed by atoms with Crippen LogP contribution < -0.4 is 5.32 Å². The van der Waals surface area contributed by atoms with Crippen LogP contribution in [0.15, 0.2) is 46.7 Å². The lowest BCUT2D eigenvalue weighted by molar-refractivity contribution is 0.574. The number of rotatable bonds is 5. The first kappa shape index (κ1) is 14.9. The van der Waals surface area contributed by atoms with Crippen LogP contribution in [0.4, 0.5) is 5.69 Å². The van der Waals surface area contributed by atoms with Crippen molar-refractivity contribution in [2.45, 2.75) is 52.0 Å². The van der Waals surface area contributed by atoms with Gasteiger partial charge in [-0.05, 0) is 63.6 Å². The highest BCUT2D eigenvalue weighted by molar-refractivity contribution is 5.68. The van der Waals surface area contributed by atoms with Gasteiger partial charge in [0.25, 0.3) is 0 Å². The van der Waals surface area contributed by atoms with Crippen molar-refractivity contribution in [3.8, 4) is 11.5 Å². The summed E-state index contributed by atoms with van der Waals surface area (Å²) in [7, 11) is 0. The van der Waals surface area contributed by atoms with E-state index < -0.39 is 0 Å². The molecule has 0 radical (unpaired) electrons. The highest BCUT2D eigenvalue weighted by Crippen LogP contribution is 2.29.